The third kappa shape index (κ3) is 8.92. The summed E-state index contributed by atoms with van der Waals surface area (Å²) in [5, 5.41) is 13.5. The molecule has 1 amide bonds. The molecule has 15 heteroatoms. The van der Waals surface area contributed by atoms with E-state index < -0.39 is 21.9 Å². The number of carbonyl (C=O) groups excluding carboxylic acids is 1. The van der Waals surface area contributed by atoms with Crippen molar-refractivity contribution in [1.82, 2.24) is 19.4 Å². The molecule has 48 heavy (non-hydrogen) atoms. The number of ether oxygens (including phenoxy) is 2. The summed E-state index contributed by atoms with van der Waals surface area (Å²) in [5.41, 5.74) is 7.11. The lowest BCUT2D eigenvalue weighted by Crippen LogP contribution is -2.37. The largest absolute Gasteiger partial charge is 0.494 e. The van der Waals surface area contributed by atoms with E-state index >= 15 is 0 Å². The molecule has 0 spiro atoms. The number of aryl methyl sites for hydroxylation is 1. The van der Waals surface area contributed by atoms with E-state index in [9.17, 15) is 23.1 Å². The van der Waals surface area contributed by atoms with E-state index in [4.69, 9.17) is 15.2 Å². The number of primary amides is 1. The second-order valence-corrected chi connectivity index (χ2v) is 14.5. The molecule has 14 nitrogen and oxygen atoms in total. The quantitative estimate of drug-likeness (QED) is 0.195. The van der Waals surface area contributed by atoms with Crippen LogP contribution in [0.25, 0.3) is 10.9 Å². The first-order valence-corrected chi connectivity index (χ1v) is 17.1. The number of para-hydroxylation sites is 1. The van der Waals surface area contributed by atoms with Crippen LogP contribution in [0.5, 0.6) is 17.4 Å². The van der Waals surface area contributed by atoms with Crippen LogP contribution in [0, 0.1) is 0 Å². The van der Waals surface area contributed by atoms with Gasteiger partial charge in [0.15, 0.2) is 11.5 Å². The van der Waals surface area contributed by atoms with E-state index in [1.54, 1.807) is 48.1 Å². The van der Waals surface area contributed by atoms with Crippen LogP contribution in [0.3, 0.4) is 0 Å². The van der Waals surface area contributed by atoms with Gasteiger partial charge < -0.3 is 35.1 Å². The highest BCUT2D eigenvalue weighted by molar-refractivity contribution is 7.92. The van der Waals surface area contributed by atoms with Crippen molar-refractivity contribution in [2.45, 2.75) is 45.1 Å². The van der Waals surface area contributed by atoms with Crippen LogP contribution in [0.2, 0.25) is 0 Å². The summed E-state index contributed by atoms with van der Waals surface area (Å²) in [4.78, 5) is 34.1. The second kappa shape index (κ2) is 14.5. The van der Waals surface area contributed by atoms with E-state index in [1.807, 2.05) is 32.9 Å². The number of fused-ring (bicyclic) bond motifs is 1. The van der Waals surface area contributed by atoms with E-state index in [1.165, 1.54) is 7.11 Å². The molecule has 0 saturated carbocycles. The Morgan fingerprint density at radius 2 is 1.77 bits per heavy atom. The Morgan fingerprint density at radius 3 is 2.35 bits per heavy atom. The van der Waals surface area contributed by atoms with Crippen molar-refractivity contribution < 1.29 is 32.6 Å². The number of likely N-dealkylation sites (tertiary alicyclic amines) is 1. The Kier molecular flexibility index (Phi) is 10.8. The van der Waals surface area contributed by atoms with Crippen molar-refractivity contribution in [1.29, 1.82) is 0 Å². The van der Waals surface area contributed by atoms with Gasteiger partial charge in [-0.05, 0) is 68.2 Å². The fourth-order valence-electron chi connectivity index (χ4n) is 5.32. The molecule has 0 unspecified atom stereocenters. The summed E-state index contributed by atoms with van der Waals surface area (Å²) in [5.74, 6) is -0.0264. The molecule has 0 atom stereocenters. The third-order valence-electron chi connectivity index (χ3n) is 7.85. The molecule has 1 aliphatic heterocycles. The molecular formula is C33H43N7O7S. The lowest BCUT2D eigenvalue weighted by molar-refractivity contribution is 0.0686. The van der Waals surface area contributed by atoms with Crippen LogP contribution in [0.15, 0.2) is 48.7 Å². The van der Waals surface area contributed by atoms with Crippen molar-refractivity contribution >= 4 is 44.4 Å². The number of nitrogens with two attached hydrogens (primary N) is 1. The first-order chi connectivity index (χ1) is 22.5. The number of carboxylic acid groups (broad SMARTS) is 1. The number of hydrogen-bond acceptors (Lipinski definition) is 10. The van der Waals surface area contributed by atoms with Crippen molar-refractivity contribution in [3.8, 4) is 17.4 Å². The molecule has 1 saturated heterocycles. The molecule has 3 heterocycles. The highest BCUT2D eigenvalue weighted by Crippen LogP contribution is 2.36. The van der Waals surface area contributed by atoms with Gasteiger partial charge in [0.05, 0.1) is 30.1 Å². The number of hydrogen-bond donors (Lipinski definition) is 4. The Hall–Kier alpha value is -4.89. The summed E-state index contributed by atoms with van der Waals surface area (Å²) < 4.78 is 37.9. The van der Waals surface area contributed by atoms with E-state index in [-0.39, 0.29) is 28.1 Å². The number of aromatic carboxylic acids is 1. The van der Waals surface area contributed by atoms with Crippen LogP contribution in [0.1, 0.15) is 60.0 Å². The Morgan fingerprint density at radius 1 is 1.08 bits per heavy atom. The molecule has 5 N–H and O–H groups in total. The molecule has 5 rings (SSSR count). The van der Waals surface area contributed by atoms with Gasteiger partial charge in [0.25, 0.3) is 5.91 Å². The average Bonchev–Trinajstić information content (AvgIpc) is 3.34. The maximum absolute atomic E-state index is 11.5. The van der Waals surface area contributed by atoms with E-state index in [0.717, 1.165) is 43.1 Å². The Bertz CT molecular complexity index is 1910. The summed E-state index contributed by atoms with van der Waals surface area (Å²) in [6, 6.07) is 12.4. The fourth-order valence-corrected chi connectivity index (χ4v) is 5.87. The summed E-state index contributed by atoms with van der Waals surface area (Å²) in [7, 11) is 1.70. The molecule has 2 aromatic heterocycles. The normalized spacial score (nSPS) is 14.1. The van der Waals surface area contributed by atoms with Gasteiger partial charge in [0.1, 0.15) is 5.69 Å². The summed E-state index contributed by atoms with van der Waals surface area (Å²) in [6.45, 7) is 7.95. The molecule has 2 aromatic carbocycles. The molecule has 258 valence electrons. The van der Waals surface area contributed by atoms with Gasteiger partial charge >= 0.3 is 5.97 Å². The van der Waals surface area contributed by atoms with Crippen LogP contribution in [-0.4, -0.2) is 84.4 Å². The number of benzene rings is 2. The van der Waals surface area contributed by atoms with Gasteiger partial charge in [0.2, 0.25) is 21.9 Å². The number of carboxylic acids is 1. The summed E-state index contributed by atoms with van der Waals surface area (Å²) >= 11 is 0. The van der Waals surface area contributed by atoms with Gasteiger partial charge in [0, 0.05) is 30.7 Å². The predicted octanol–water partition coefficient (Wildman–Crippen LogP) is 4.43. The molecule has 1 fully saturated rings. The van der Waals surface area contributed by atoms with Crippen LogP contribution in [-0.2, 0) is 22.5 Å². The van der Waals surface area contributed by atoms with Crippen molar-refractivity contribution in [2.24, 2.45) is 12.8 Å². The average molecular weight is 682 g/mol. The minimum atomic E-state index is -3.50. The maximum Gasteiger partial charge on any atom is 0.352 e. The molecule has 1 aliphatic rings. The number of nitrogens with zero attached hydrogens (tertiary/aromatic N) is 4. The lowest BCUT2D eigenvalue weighted by atomic mass is 9.85. The number of methoxy groups -OCH3 is 1. The molecular weight excluding hydrogens is 638 g/mol. The highest BCUT2D eigenvalue weighted by Gasteiger charge is 2.23. The first-order valence-electron chi connectivity index (χ1n) is 15.2. The number of nitrogens with one attached hydrogen (secondary N) is 2. The third-order valence-corrected chi connectivity index (χ3v) is 8.45. The number of aromatic nitrogens is 3. The van der Waals surface area contributed by atoms with Crippen molar-refractivity contribution in [3.05, 3.63) is 65.5 Å². The smallest absolute Gasteiger partial charge is 0.352 e. The number of carbonyl (C=O) groups is 2. The van der Waals surface area contributed by atoms with Crippen LogP contribution < -0.4 is 25.2 Å². The monoisotopic (exact) mass is 681 g/mol. The zero-order valence-electron chi connectivity index (χ0n) is 28.2. The number of amides is 1. The molecule has 0 bridgehead atoms. The highest BCUT2D eigenvalue weighted by atomic mass is 32.2. The zero-order chi connectivity index (χ0) is 35.4. The zero-order valence-corrected chi connectivity index (χ0v) is 29.0. The van der Waals surface area contributed by atoms with Gasteiger partial charge in [-0.2, -0.15) is 4.98 Å². The minimum Gasteiger partial charge on any atom is -0.494 e. The number of anilines is 2. The van der Waals surface area contributed by atoms with Gasteiger partial charge in [-0.15, -0.1) is 0 Å². The van der Waals surface area contributed by atoms with Crippen molar-refractivity contribution in [2.75, 3.05) is 43.5 Å². The maximum atomic E-state index is 11.5. The van der Waals surface area contributed by atoms with Crippen molar-refractivity contribution in [3.63, 3.8) is 0 Å². The molecule has 0 aliphatic carbocycles. The summed E-state index contributed by atoms with van der Waals surface area (Å²) in [6.07, 6.45) is 4.78. The topological polar surface area (TPSA) is 191 Å². The van der Waals surface area contributed by atoms with Gasteiger partial charge in [-0.1, -0.05) is 32.9 Å². The number of rotatable bonds is 9. The predicted molar refractivity (Wildman–Crippen MR) is 185 cm³/mol. The number of piperidine rings is 1. The standard InChI is InChI=1S/C20H23N5O3.C13H20N2O4S/c1-24-10-7-14(8-11-24)22-20-21-9-6-17(23-20)28-16-5-3-4-13-12-15(19(26)27)25(2)18(13)16;1-13(2,3)8-6-9(12(14)16)11(19-4)10(7-8)15-20(5,17)18/h3-6,9,12,14H,7-8,10-11H2,1-2H3,(H,26,27)(H,21,22,23);6-7,15H,1-5H3,(H2,14,16). The van der Waals surface area contributed by atoms with E-state index in [0.29, 0.717) is 29.1 Å². The number of sulfonamides is 1. The fraction of sp³-hybridized carbons (Fsp3) is 0.394. The van der Waals surface area contributed by atoms with Gasteiger partial charge in [-0.25, -0.2) is 18.2 Å². The molecule has 0 radical (unpaired) electrons. The van der Waals surface area contributed by atoms with Gasteiger partial charge in [-0.3, -0.25) is 9.52 Å². The Balaban J connectivity index is 0.000000231. The Labute approximate surface area is 280 Å². The first kappa shape index (κ1) is 36.0. The SMILES string of the molecule is CN1CCC(Nc2nccc(Oc3cccc4cc(C(=O)O)n(C)c34)n2)CC1.COc1c(NS(C)(=O)=O)cc(C(C)(C)C)cc1C(N)=O. The van der Waals surface area contributed by atoms with Crippen LogP contribution in [0.4, 0.5) is 11.6 Å². The second-order valence-electron chi connectivity index (χ2n) is 12.7. The van der Waals surface area contributed by atoms with E-state index in [2.05, 4.69) is 32.0 Å². The molecule has 4 aromatic rings. The van der Waals surface area contributed by atoms with Crippen LogP contribution >= 0.6 is 0 Å². The lowest BCUT2D eigenvalue weighted by Gasteiger charge is -2.29. The minimum absolute atomic E-state index is 0.121.